The van der Waals surface area contributed by atoms with Gasteiger partial charge in [0.2, 0.25) is 0 Å². The van der Waals surface area contributed by atoms with Crippen molar-refractivity contribution >= 4 is 11.9 Å². The zero-order valence-electron chi connectivity index (χ0n) is 12.4. The van der Waals surface area contributed by atoms with Gasteiger partial charge < -0.3 is 10.1 Å². The molecule has 1 unspecified atom stereocenters. The van der Waals surface area contributed by atoms with Crippen LogP contribution in [0.3, 0.4) is 0 Å². The zero-order chi connectivity index (χ0) is 15.8. The second-order valence-electron chi connectivity index (χ2n) is 4.77. The fourth-order valence-electron chi connectivity index (χ4n) is 1.90. The van der Waals surface area contributed by atoms with E-state index in [0.29, 0.717) is 12.0 Å². The van der Waals surface area contributed by atoms with Gasteiger partial charge in [-0.1, -0.05) is 37.3 Å². The SMILES string of the molecule is CCC(NC(=O)c1cccnc1)C(=O)OCc1ccccc1. The fourth-order valence-corrected chi connectivity index (χ4v) is 1.90. The van der Waals surface area contributed by atoms with Crippen molar-refractivity contribution in [1.82, 2.24) is 10.3 Å². The van der Waals surface area contributed by atoms with Crippen molar-refractivity contribution in [3.05, 3.63) is 66.0 Å². The van der Waals surface area contributed by atoms with E-state index in [-0.39, 0.29) is 12.5 Å². The number of ether oxygens (including phenoxy) is 1. The number of amides is 1. The van der Waals surface area contributed by atoms with E-state index in [1.54, 1.807) is 18.3 Å². The highest BCUT2D eigenvalue weighted by Crippen LogP contribution is 2.04. The molecule has 22 heavy (non-hydrogen) atoms. The molecule has 1 N–H and O–H groups in total. The van der Waals surface area contributed by atoms with E-state index in [2.05, 4.69) is 10.3 Å². The van der Waals surface area contributed by atoms with Gasteiger partial charge >= 0.3 is 5.97 Å². The standard InChI is InChI=1S/C17H18N2O3/c1-2-15(19-16(20)14-9-6-10-18-11-14)17(21)22-12-13-7-4-3-5-8-13/h3-11,15H,2,12H2,1H3,(H,19,20). The normalized spacial score (nSPS) is 11.5. The number of nitrogens with one attached hydrogen (secondary N) is 1. The van der Waals surface area contributed by atoms with Gasteiger partial charge in [-0.15, -0.1) is 0 Å². The first kappa shape index (κ1) is 15.7. The smallest absolute Gasteiger partial charge is 0.328 e. The Kier molecular flexibility index (Phi) is 5.65. The summed E-state index contributed by atoms with van der Waals surface area (Å²) in [7, 11) is 0. The number of pyridine rings is 1. The molecule has 0 aliphatic carbocycles. The fraction of sp³-hybridized carbons (Fsp3) is 0.235. The maximum Gasteiger partial charge on any atom is 0.328 e. The Labute approximate surface area is 129 Å². The van der Waals surface area contributed by atoms with Crippen LogP contribution in [0.2, 0.25) is 0 Å². The van der Waals surface area contributed by atoms with Crippen molar-refractivity contribution in [3.8, 4) is 0 Å². The van der Waals surface area contributed by atoms with Gasteiger partial charge in [-0.05, 0) is 24.1 Å². The van der Waals surface area contributed by atoms with Gasteiger partial charge in [0.1, 0.15) is 12.6 Å². The van der Waals surface area contributed by atoms with E-state index in [1.807, 2.05) is 37.3 Å². The molecule has 1 amide bonds. The molecular formula is C17H18N2O3. The lowest BCUT2D eigenvalue weighted by Gasteiger charge is -2.16. The van der Waals surface area contributed by atoms with Gasteiger partial charge in [0, 0.05) is 12.4 Å². The van der Waals surface area contributed by atoms with Crippen molar-refractivity contribution in [2.75, 3.05) is 0 Å². The molecule has 0 aliphatic rings. The molecular weight excluding hydrogens is 280 g/mol. The number of nitrogens with zero attached hydrogens (tertiary/aromatic N) is 1. The van der Waals surface area contributed by atoms with E-state index in [9.17, 15) is 9.59 Å². The summed E-state index contributed by atoms with van der Waals surface area (Å²) in [6.45, 7) is 2.01. The Bertz CT molecular complexity index is 614. The first-order valence-electron chi connectivity index (χ1n) is 7.12. The molecule has 0 spiro atoms. The molecule has 2 rings (SSSR count). The van der Waals surface area contributed by atoms with Crippen LogP contribution in [0.1, 0.15) is 29.3 Å². The number of carbonyl (C=O) groups is 2. The molecule has 0 bridgehead atoms. The number of hydrogen-bond acceptors (Lipinski definition) is 4. The summed E-state index contributed by atoms with van der Waals surface area (Å²) >= 11 is 0. The van der Waals surface area contributed by atoms with Crippen LogP contribution in [0.5, 0.6) is 0 Å². The van der Waals surface area contributed by atoms with Gasteiger partial charge in [-0.2, -0.15) is 0 Å². The van der Waals surface area contributed by atoms with Crippen LogP contribution in [0.15, 0.2) is 54.9 Å². The van der Waals surface area contributed by atoms with E-state index in [0.717, 1.165) is 5.56 Å². The lowest BCUT2D eigenvalue weighted by Crippen LogP contribution is -2.41. The topological polar surface area (TPSA) is 68.3 Å². The Morgan fingerprint density at radius 2 is 1.95 bits per heavy atom. The Morgan fingerprint density at radius 3 is 2.59 bits per heavy atom. The van der Waals surface area contributed by atoms with E-state index < -0.39 is 12.0 Å². The predicted octanol–water partition coefficient (Wildman–Crippen LogP) is 2.33. The van der Waals surface area contributed by atoms with Crippen LogP contribution in [0.25, 0.3) is 0 Å². The van der Waals surface area contributed by atoms with Gasteiger partial charge in [0.25, 0.3) is 5.91 Å². The van der Waals surface area contributed by atoms with Crippen LogP contribution in [-0.4, -0.2) is 22.9 Å². The zero-order valence-corrected chi connectivity index (χ0v) is 12.4. The van der Waals surface area contributed by atoms with Crippen LogP contribution in [-0.2, 0) is 16.1 Å². The molecule has 1 aromatic carbocycles. The monoisotopic (exact) mass is 298 g/mol. The first-order valence-corrected chi connectivity index (χ1v) is 7.12. The summed E-state index contributed by atoms with van der Waals surface area (Å²) in [6.07, 6.45) is 3.50. The summed E-state index contributed by atoms with van der Waals surface area (Å²) < 4.78 is 5.25. The molecule has 0 radical (unpaired) electrons. The number of carbonyl (C=O) groups excluding carboxylic acids is 2. The van der Waals surface area contributed by atoms with Gasteiger partial charge in [0.05, 0.1) is 5.56 Å². The molecule has 0 saturated carbocycles. The first-order chi connectivity index (χ1) is 10.7. The number of benzene rings is 1. The van der Waals surface area contributed by atoms with Crippen molar-refractivity contribution < 1.29 is 14.3 Å². The molecule has 1 aromatic heterocycles. The van der Waals surface area contributed by atoms with Crippen LogP contribution >= 0.6 is 0 Å². The van der Waals surface area contributed by atoms with Crippen molar-refractivity contribution in [2.24, 2.45) is 0 Å². The Balaban J connectivity index is 1.90. The van der Waals surface area contributed by atoms with Crippen LogP contribution in [0, 0.1) is 0 Å². The maximum atomic E-state index is 12.1. The third kappa shape index (κ3) is 4.41. The predicted molar refractivity (Wildman–Crippen MR) is 82.0 cm³/mol. The molecule has 5 heteroatoms. The number of rotatable bonds is 6. The van der Waals surface area contributed by atoms with Crippen molar-refractivity contribution in [2.45, 2.75) is 26.0 Å². The molecule has 114 valence electrons. The Morgan fingerprint density at radius 1 is 1.18 bits per heavy atom. The number of esters is 1. The molecule has 1 heterocycles. The molecule has 2 aromatic rings. The average molecular weight is 298 g/mol. The van der Waals surface area contributed by atoms with E-state index in [4.69, 9.17) is 4.74 Å². The second kappa shape index (κ2) is 7.93. The third-order valence-electron chi connectivity index (χ3n) is 3.15. The molecule has 0 saturated heterocycles. The highest BCUT2D eigenvalue weighted by Gasteiger charge is 2.21. The highest BCUT2D eigenvalue weighted by atomic mass is 16.5. The summed E-state index contributed by atoms with van der Waals surface area (Å²) in [5.74, 6) is -0.778. The van der Waals surface area contributed by atoms with Crippen LogP contribution < -0.4 is 5.32 Å². The Hall–Kier alpha value is -2.69. The largest absolute Gasteiger partial charge is 0.459 e. The van der Waals surface area contributed by atoms with Crippen molar-refractivity contribution in [3.63, 3.8) is 0 Å². The van der Waals surface area contributed by atoms with Gasteiger partial charge in [-0.25, -0.2) is 4.79 Å². The molecule has 1 atom stereocenters. The molecule has 0 fully saturated rings. The minimum absolute atomic E-state index is 0.193. The summed E-state index contributed by atoms with van der Waals surface area (Å²) in [5, 5.41) is 2.67. The van der Waals surface area contributed by atoms with Gasteiger partial charge in [0.15, 0.2) is 0 Å². The molecule has 5 nitrogen and oxygen atoms in total. The van der Waals surface area contributed by atoms with Gasteiger partial charge in [-0.3, -0.25) is 9.78 Å². The second-order valence-corrected chi connectivity index (χ2v) is 4.77. The summed E-state index contributed by atoms with van der Waals surface area (Å²) in [5.41, 5.74) is 1.32. The summed E-state index contributed by atoms with van der Waals surface area (Å²) in [6, 6.07) is 12.1. The minimum atomic E-state index is -0.670. The lowest BCUT2D eigenvalue weighted by atomic mass is 10.2. The molecule has 0 aliphatic heterocycles. The average Bonchev–Trinajstić information content (AvgIpc) is 2.59. The third-order valence-corrected chi connectivity index (χ3v) is 3.15. The van der Waals surface area contributed by atoms with E-state index in [1.165, 1.54) is 6.20 Å². The number of aromatic nitrogens is 1. The quantitative estimate of drug-likeness (QED) is 0.831. The highest BCUT2D eigenvalue weighted by molar-refractivity contribution is 5.96. The van der Waals surface area contributed by atoms with Crippen LogP contribution in [0.4, 0.5) is 0 Å². The van der Waals surface area contributed by atoms with E-state index >= 15 is 0 Å². The maximum absolute atomic E-state index is 12.1. The lowest BCUT2D eigenvalue weighted by molar-refractivity contribution is -0.147. The minimum Gasteiger partial charge on any atom is -0.459 e. The summed E-state index contributed by atoms with van der Waals surface area (Å²) in [4.78, 5) is 28.0. The number of hydrogen-bond donors (Lipinski definition) is 1. The van der Waals surface area contributed by atoms with Crippen molar-refractivity contribution in [1.29, 1.82) is 0 Å².